The number of fused-ring (bicyclic) bond motifs is 4. The molecule has 0 amide bonds. The highest BCUT2D eigenvalue weighted by Gasteiger charge is 2.14. The number of benzene rings is 3. The van der Waals surface area contributed by atoms with E-state index in [0.29, 0.717) is 0 Å². The summed E-state index contributed by atoms with van der Waals surface area (Å²) in [5.41, 5.74) is 8.64. The molecule has 6 rings (SSSR count). The maximum Gasteiger partial charge on any atom is 0.144 e. The fourth-order valence-corrected chi connectivity index (χ4v) is 5.27. The van der Waals surface area contributed by atoms with Crippen LogP contribution in [-0.4, -0.2) is 4.98 Å². The summed E-state index contributed by atoms with van der Waals surface area (Å²) in [5.74, 6) is 0. The Morgan fingerprint density at radius 3 is 2.43 bits per heavy atom. The first-order chi connectivity index (χ1) is 14.7. The molecule has 144 valence electrons. The highest BCUT2D eigenvalue weighted by molar-refractivity contribution is 7.22. The van der Waals surface area contributed by atoms with Gasteiger partial charge >= 0.3 is 0 Å². The van der Waals surface area contributed by atoms with E-state index in [4.69, 9.17) is 9.40 Å². The zero-order chi connectivity index (χ0) is 20.2. The summed E-state index contributed by atoms with van der Waals surface area (Å²) in [4.78, 5) is 6.26. The van der Waals surface area contributed by atoms with Crippen molar-refractivity contribution in [1.82, 2.24) is 4.98 Å². The first-order valence-electron chi connectivity index (χ1n) is 10.1. The van der Waals surface area contributed by atoms with Gasteiger partial charge in [-0.05, 0) is 49.7 Å². The summed E-state index contributed by atoms with van der Waals surface area (Å²) in [5, 5.41) is 2.27. The first kappa shape index (κ1) is 17.4. The third kappa shape index (κ3) is 2.74. The number of pyridine rings is 1. The lowest BCUT2D eigenvalue weighted by atomic mass is 10.1. The Labute approximate surface area is 178 Å². The van der Waals surface area contributed by atoms with Crippen molar-refractivity contribution >= 4 is 43.5 Å². The van der Waals surface area contributed by atoms with Crippen molar-refractivity contribution in [1.29, 1.82) is 0 Å². The van der Waals surface area contributed by atoms with E-state index in [1.807, 2.05) is 18.2 Å². The lowest BCUT2D eigenvalue weighted by Crippen LogP contribution is -1.83. The summed E-state index contributed by atoms with van der Waals surface area (Å²) in [6.45, 7) is 4.29. The van der Waals surface area contributed by atoms with Crippen LogP contribution in [0.3, 0.4) is 0 Å². The zero-order valence-corrected chi connectivity index (χ0v) is 17.6. The molecule has 3 heterocycles. The minimum atomic E-state index is 0.898. The molecule has 0 aliphatic heterocycles. The number of hydrogen-bond acceptors (Lipinski definition) is 3. The van der Waals surface area contributed by atoms with Crippen molar-refractivity contribution in [2.24, 2.45) is 0 Å². The van der Waals surface area contributed by atoms with Crippen LogP contribution in [0.1, 0.15) is 11.1 Å². The van der Waals surface area contributed by atoms with Gasteiger partial charge in [0.2, 0.25) is 0 Å². The van der Waals surface area contributed by atoms with Gasteiger partial charge in [-0.3, -0.25) is 0 Å². The minimum Gasteiger partial charge on any atom is -0.455 e. The predicted molar refractivity (Wildman–Crippen MR) is 127 cm³/mol. The average Bonchev–Trinajstić information content (AvgIpc) is 3.34. The molecular formula is C27H19NOS. The van der Waals surface area contributed by atoms with Gasteiger partial charge in [-0.25, -0.2) is 4.98 Å². The van der Waals surface area contributed by atoms with Crippen LogP contribution in [0.15, 0.2) is 83.3 Å². The van der Waals surface area contributed by atoms with E-state index in [2.05, 4.69) is 74.5 Å². The van der Waals surface area contributed by atoms with Gasteiger partial charge < -0.3 is 4.42 Å². The van der Waals surface area contributed by atoms with Crippen molar-refractivity contribution in [3.05, 3.63) is 90.0 Å². The van der Waals surface area contributed by atoms with Crippen LogP contribution in [0.2, 0.25) is 0 Å². The number of rotatable bonds is 2. The molecule has 0 atom stereocenters. The molecule has 3 aromatic carbocycles. The van der Waals surface area contributed by atoms with Crippen molar-refractivity contribution < 1.29 is 4.42 Å². The topological polar surface area (TPSA) is 26.0 Å². The predicted octanol–water partition coefficient (Wildman–Crippen LogP) is 8.15. The van der Waals surface area contributed by atoms with Crippen LogP contribution in [0, 0.1) is 13.8 Å². The number of furan rings is 1. The summed E-state index contributed by atoms with van der Waals surface area (Å²) in [6, 6.07) is 27.7. The van der Waals surface area contributed by atoms with E-state index in [0.717, 1.165) is 38.7 Å². The van der Waals surface area contributed by atoms with Gasteiger partial charge in [-0.2, -0.15) is 0 Å². The van der Waals surface area contributed by atoms with Crippen molar-refractivity contribution in [3.63, 3.8) is 0 Å². The second-order valence-electron chi connectivity index (χ2n) is 7.85. The molecule has 0 radical (unpaired) electrons. The maximum atomic E-state index is 6.21. The third-order valence-electron chi connectivity index (χ3n) is 5.56. The third-order valence-corrected chi connectivity index (χ3v) is 6.70. The molecule has 3 aromatic heterocycles. The highest BCUT2D eigenvalue weighted by atomic mass is 32.1. The standard InChI is InChI=1S/C27H19NOS/c1-16-12-17(2)14-18(13-16)26-15-23-25(30-26)11-10-22(28-23)21-8-5-7-20-19-6-3-4-9-24(19)29-27(20)21/h3-15H,1-2H3. The quantitative estimate of drug-likeness (QED) is 0.290. The Morgan fingerprint density at radius 1 is 0.767 bits per heavy atom. The second kappa shape index (κ2) is 6.54. The van der Waals surface area contributed by atoms with Gasteiger partial charge in [-0.15, -0.1) is 11.3 Å². The van der Waals surface area contributed by atoms with Crippen molar-refractivity contribution in [2.45, 2.75) is 13.8 Å². The van der Waals surface area contributed by atoms with E-state index < -0.39 is 0 Å². The van der Waals surface area contributed by atoms with Crippen molar-refractivity contribution in [2.75, 3.05) is 0 Å². The summed E-state index contributed by atoms with van der Waals surface area (Å²) < 4.78 is 7.41. The number of aryl methyl sites for hydroxylation is 2. The molecule has 0 spiro atoms. The number of aromatic nitrogens is 1. The van der Waals surface area contributed by atoms with E-state index in [1.54, 1.807) is 11.3 Å². The molecule has 0 saturated heterocycles. The summed E-state index contributed by atoms with van der Waals surface area (Å²) in [7, 11) is 0. The summed E-state index contributed by atoms with van der Waals surface area (Å²) >= 11 is 1.79. The fourth-order valence-electron chi connectivity index (χ4n) is 4.28. The van der Waals surface area contributed by atoms with Crippen LogP contribution in [0.5, 0.6) is 0 Å². The smallest absolute Gasteiger partial charge is 0.144 e. The molecule has 3 heteroatoms. The van der Waals surface area contributed by atoms with Gasteiger partial charge in [-0.1, -0.05) is 59.7 Å². The van der Waals surface area contributed by atoms with E-state index in [1.165, 1.54) is 26.3 Å². The Morgan fingerprint density at radius 2 is 1.57 bits per heavy atom. The Bertz CT molecular complexity index is 1550. The molecule has 0 aliphatic rings. The summed E-state index contributed by atoms with van der Waals surface area (Å²) in [6.07, 6.45) is 0. The van der Waals surface area contributed by atoms with Crippen LogP contribution < -0.4 is 0 Å². The minimum absolute atomic E-state index is 0.898. The normalized spacial score (nSPS) is 11.7. The number of hydrogen-bond donors (Lipinski definition) is 0. The molecule has 2 nitrogen and oxygen atoms in total. The zero-order valence-electron chi connectivity index (χ0n) is 16.8. The Balaban J connectivity index is 1.52. The van der Waals surface area contributed by atoms with Gasteiger partial charge in [0.05, 0.1) is 15.9 Å². The average molecular weight is 406 g/mol. The molecule has 30 heavy (non-hydrogen) atoms. The fraction of sp³-hybridized carbons (Fsp3) is 0.0741. The van der Waals surface area contributed by atoms with E-state index in [9.17, 15) is 0 Å². The molecule has 0 bridgehead atoms. The molecular weight excluding hydrogens is 386 g/mol. The Hall–Kier alpha value is -3.43. The van der Waals surface area contributed by atoms with Crippen LogP contribution in [-0.2, 0) is 0 Å². The van der Waals surface area contributed by atoms with E-state index >= 15 is 0 Å². The molecule has 0 saturated carbocycles. The largest absolute Gasteiger partial charge is 0.455 e. The Kier molecular flexibility index (Phi) is 3.80. The SMILES string of the molecule is Cc1cc(C)cc(-c2cc3nc(-c4cccc5c4oc4ccccc45)ccc3s2)c1. The molecule has 0 aliphatic carbocycles. The van der Waals surface area contributed by atoms with Crippen LogP contribution in [0.4, 0.5) is 0 Å². The van der Waals surface area contributed by atoms with Gasteiger partial charge in [0.15, 0.2) is 0 Å². The van der Waals surface area contributed by atoms with Gasteiger partial charge in [0.1, 0.15) is 11.2 Å². The number of nitrogens with zero attached hydrogens (tertiary/aromatic N) is 1. The number of para-hydroxylation sites is 2. The molecule has 6 aromatic rings. The monoisotopic (exact) mass is 405 g/mol. The van der Waals surface area contributed by atoms with Crippen LogP contribution in [0.25, 0.3) is 53.9 Å². The lowest BCUT2D eigenvalue weighted by Gasteiger charge is -2.02. The lowest BCUT2D eigenvalue weighted by molar-refractivity contribution is 0.670. The molecule has 0 unspecified atom stereocenters. The van der Waals surface area contributed by atoms with Crippen molar-refractivity contribution in [3.8, 4) is 21.7 Å². The van der Waals surface area contributed by atoms with E-state index in [-0.39, 0.29) is 0 Å². The maximum absolute atomic E-state index is 6.21. The van der Waals surface area contributed by atoms with Gasteiger partial charge in [0, 0.05) is 21.2 Å². The first-order valence-corrected chi connectivity index (χ1v) is 10.9. The second-order valence-corrected chi connectivity index (χ2v) is 8.93. The van der Waals surface area contributed by atoms with Gasteiger partial charge in [0.25, 0.3) is 0 Å². The number of thiophene rings is 1. The molecule has 0 N–H and O–H groups in total. The molecule has 0 fully saturated rings. The van der Waals surface area contributed by atoms with Crippen LogP contribution >= 0.6 is 11.3 Å². The highest BCUT2D eigenvalue weighted by Crippen LogP contribution is 2.38.